The van der Waals surface area contributed by atoms with Crippen LogP contribution in [0.2, 0.25) is 5.02 Å². The largest absolute Gasteiger partial charge is 0.463 e. The average molecular weight is 410 g/mol. The Morgan fingerprint density at radius 3 is 2.78 bits per heavy atom. The number of halogens is 1. The Morgan fingerprint density at radius 2 is 2.11 bits per heavy atom. The molecule has 0 saturated carbocycles. The van der Waals surface area contributed by atoms with Crippen LogP contribution in [0.15, 0.2) is 41.0 Å². The first-order valence-corrected chi connectivity index (χ1v) is 9.70. The number of non-ortho nitro benzene ring substituents is 1. The molecule has 9 heteroatoms. The summed E-state index contributed by atoms with van der Waals surface area (Å²) in [6, 6.07) is 8.24. The summed E-state index contributed by atoms with van der Waals surface area (Å²) in [5.74, 6) is 0.926. The van der Waals surface area contributed by atoms with Gasteiger partial charge in [0.2, 0.25) is 0 Å². The quantitative estimate of drug-likeness (QED) is 0.386. The van der Waals surface area contributed by atoms with Crippen LogP contribution in [0.3, 0.4) is 0 Å². The van der Waals surface area contributed by atoms with Crippen molar-refractivity contribution < 1.29 is 14.2 Å². The number of quaternary nitrogens is 1. The van der Waals surface area contributed by atoms with Crippen LogP contribution in [0.25, 0.3) is 0 Å². The highest BCUT2D eigenvalue weighted by Gasteiger charge is 2.28. The minimum absolute atomic E-state index is 0.0454. The number of furan rings is 1. The topological polar surface area (TPSA) is 84.8 Å². The van der Waals surface area contributed by atoms with Crippen LogP contribution < -0.4 is 15.5 Å². The van der Waals surface area contributed by atoms with Crippen molar-refractivity contribution in [3.05, 3.63) is 57.5 Å². The SMILES string of the molecule is O=[N+]([O-])c1ccc(Cl)c(NC(=S)NC[C@@H](c2ccco2)[NH+]2CCCCC2)c1. The zero-order valence-corrected chi connectivity index (χ0v) is 16.3. The monoisotopic (exact) mass is 409 g/mol. The van der Waals surface area contributed by atoms with Crippen LogP contribution in [-0.4, -0.2) is 29.7 Å². The first kappa shape index (κ1) is 19.6. The second-order valence-electron chi connectivity index (χ2n) is 6.54. The number of nitrogens with zero attached hydrogens (tertiary/aromatic N) is 1. The lowest BCUT2D eigenvalue weighted by atomic mass is 10.1. The third kappa shape index (κ3) is 5.18. The van der Waals surface area contributed by atoms with Gasteiger partial charge in [0.25, 0.3) is 5.69 Å². The first-order chi connectivity index (χ1) is 13.0. The van der Waals surface area contributed by atoms with Gasteiger partial charge in [0.05, 0.1) is 41.5 Å². The maximum atomic E-state index is 10.9. The molecule has 1 atom stereocenters. The molecule has 1 aromatic carbocycles. The summed E-state index contributed by atoms with van der Waals surface area (Å²) in [6.07, 6.45) is 5.37. The molecule has 0 radical (unpaired) electrons. The highest BCUT2D eigenvalue weighted by atomic mass is 35.5. The van der Waals surface area contributed by atoms with Gasteiger partial charge in [-0.1, -0.05) is 11.6 Å². The molecular weight excluding hydrogens is 388 g/mol. The predicted molar refractivity (Wildman–Crippen MR) is 108 cm³/mol. The average Bonchev–Trinajstić information content (AvgIpc) is 3.19. The molecule has 144 valence electrons. The van der Waals surface area contributed by atoms with Crippen LogP contribution in [0.1, 0.15) is 31.1 Å². The van der Waals surface area contributed by atoms with Crippen molar-refractivity contribution in [2.75, 3.05) is 25.0 Å². The normalized spacial score (nSPS) is 15.9. The molecule has 0 aliphatic carbocycles. The number of nitro benzene ring substituents is 1. The number of likely N-dealkylation sites (tertiary alicyclic amines) is 1. The number of anilines is 1. The lowest BCUT2D eigenvalue weighted by Crippen LogP contribution is -3.13. The molecule has 0 spiro atoms. The van der Waals surface area contributed by atoms with Gasteiger partial charge < -0.3 is 20.0 Å². The molecule has 0 amide bonds. The number of hydrogen-bond donors (Lipinski definition) is 3. The molecule has 1 fully saturated rings. The van der Waals surface area contributed by atoms with E-state index in [1.807, 2.05) is 12.1 Å². The molecule has 1 aromatic heterocycles. The maximum absolute atomic E-state index is 10.9. The zero-order chi connectivity index (χ0) is 19.2. The highest BCUT2D eigenvalue weighted by Crippen LogP contribution is 2.26. The minimum Gasteiger partial charge on any atom is -0.463 e. The summed E-state index contributed by atoms with van der Waals surface area (Å²) in [5.41, 5.74) is 0.360. The van der Waals surface area contributed by atoms with E-state index in [1.54, 1.807) is 6.26 Å². The molecule has 2 heterocycles. The van der Waals surface area contributed by atoms with E-state index in [9.17, 15) is 10.1 Å². The number of rotatable bonds is 6. The molecule has 27 heavy (non-hydrogen) atoms. The minimum atomic E-state index is -0.468. The fraction of sp³-hybridized carbons (Fsp3) is 0.389. The van der Waals surface area contributed by atoms with Gasteiger partial charge in [0, 0.05) is 12.1 Å². The summed E-state index contributed by atoms with van der Waals surface area (Å²) in [5, 5.41) is 17.8. The summed E-state index contributed by atoms with van der Waals surface area (Å²) in [4.78, 5) is 11.9. The molecule has 1 saturated heterocycles. The van der Waals surface area contributed by atoms with E-state index < -0.39 is 4.92 Å². The van der Waals surface area contributed by atoms with Crippen molar-refractivity contribution in [1.82, 2.24) is 5.32 Å². The Balaban J connectivity index is 1.64. The zero-order valence-electron chi connectivity index (χ0n) is 14.7. The van der Waals surface area contributed by atoms with Crippen LogP contribution >= 0.6 is 23.8 Å². The second kappa shape index (κ2) is 9.16. The molecular formula is C18H22ClN4O3S+. The highest BCUT2D eigenvalue weighted by molar-refractivity contribution is 7.80. The molecule has 0 bridgehead atoms. The standard InChI is InChI=1S/C18H21ClN4O3S/c19-14-7-6-13(23(24)25)11-15(14)21-18(27)20-12-16(17-5-4-10-26-17)22-8-2-1-3-9-22/h4-7,10-11,16H,1-3,8-9,12H2,(H2,20,21,27)/p+1/t16-/m0/s1. The number of benzene rings is 1. The van der Waals surface area contributed by atoms with Crippen molar-refractivity contribution in [3.8, 4) is 0 Å². The van der Waals surface area contributed by atoms with Crippen molar-refractivity contribution in [1.29, 1.82) is 0 Å². The van der Waals surface area contributed by atoms with Gasteiger partial charge >= 0.3 is 0 Å². The van der Waals surface area contributed by atoms with E-state index in [2.05, 4.69) is 10.6 Å². The van der Waals surface area contributed by atoms with Gasteiger partial charge in [0.15, 0.2) is 16.9 Å². The van der Waals surface area contributed by atoms with Gasteiger partial charge in [-0.25, -0.2) is 0 Å². The Hall–Kier alpha value is -2.16. The lowest BCUT2D eigenvalue weighted by Gasteiger charge is -2.30. The summed E-state index contributed by atoms with van der Waals surface area (Å²) < 4.78 is 5.64. The van der Waals surface area contributed by atoms with E-state index in [0.29, 0.717) is 22.4 Å². The van der Waals surface area contributed by atoms with Crippen LogP contribution in [-0.2, 0) is 0 Å². The summed E-state index contributed by atoms with van der Waals surface area (Å²) in [6.45, 7) is 2.80. The number of nitrogens with one attached hydrogen (secondary N) is 3. The molecule has 7 nitrogen and oxygen atoms in total. The lowest BCUT2D eigenvalue weighted by molar-refractivity contribution is -0.936. The maximum Gasteiger partial charge on any atom is 0.271 e. The van der Waals surface area contributed by atoms with E-state index in [1.165, 1.54) is 42.4 Å². The Kier molecular flexibility index (Phi) is 6.65. The second-order valence-corrected chi connectivity index (χ2v) is 7.36. The summed E-state index contributed by atoms with van der Waals surface area (Å²) in [7, 11) is 0. The summed E-state index contributed by atoms with van der Waals surface area (Å²) >= 11 is 11.5. The van der Waals surface area contributed by atoms with Crippen LogP contribution in [0.4, 0.5) is 11.4 Å². The van der Waals surface area contributed by atoms with Gasteiger partial charge in [-0.15, -0.1) is 0 Å². The van der Waals surface area contributed by atoms with E-state index in [-0.39, 0.29) is 11.7 Å². The molecule has 3 rings (SSSR count). The first-order valence-electron chi connectivity index (χ1n) is 8.91. The van der Waals surface area contributed by atoms with E-state index in [4.69, 9.17) is 28.2 Å². The molecule has 1 aliphatic rings. The molecule has 0 unspecified atom stereocenters. The Labute approximate surface area is 167 Å². The molecule has 3 N–H and O–H groups in total. The number of piperidine rings is 1. The van der Waals surface area contributed by atoms with Crippen LogP contribution in [0.5, 0.6) is 0 Å². The van der Waals surface area contributed by atoms with Gasteiger partial charge in [-0.3, -0.25) is 10.1 Å². The van der Waals surface area contributed by atoms with E-state index >= 15 is 0 Å². The van der Waals surface area contributed by atoms with Crippen molar-refractivity contribution in [2.24, 2.45) is 0 Å². The fourth-order valence-corrected chi connectivity index (χ4v) is 3.73. The smallest absolute Gasteiger partial charge is 0.271 e. The number of nitro groups is 1. The third-order valence-corrected chi connectivity index (χ3v) is 5.33. The fourth-order valence-electron chi connectivity index (χ4n) is 3.37. The third-order valence-electron chi connectivity index (χ3n) is 4.75. The van der Waals surface area contributed by atoms with Gasteiger partial charge in [0.1, 0.15) is 0 Å². The van der Waals surface area contributed by atoms with Crippen molar-refractivity contribution in [2.45, 2.75) is 25.3 Å². The van der Waals surface area contributed by atoms with Crippen molar-refractivity contribution in [3.63, 3.8) is 0 Å². The Morgan fingerprint density at radius 1 is 1.33 bits per heavy atom. The molecule has 2 aromatic rings. The predicted octanol–water partition coefficient (Wildman–Crippen LogP) is 2.94. The van der Waals surface area contributed by atoms with E-state index in [0.717, 1.165) is 18.8 Å². The molecule has 1 aliphatic heterocycles. The van der Waals surface area contributed by atoms with Gasteiger partial charge in [-0.2, -0.15) is 0 Å². The van der Waals surface area contributed by atoms with Crippen molar-refractivity contribution >= 4 is 40.3 Å². The van der Waals surface area contributed by atoms with Crippen LogP contribution in [0, 0.1) is 10.1 Å². The van der Waals surface area contributed by atoms with Gasteiger partial charge in [-0.05, 0) is 49.7 Å². The Bertz CT molecular complexity index is 794. The number of thiocarbonyl (C=S) groups is 1. The number of hydrogen-bond acceptors (Lipinski definition) is 4.